The van der Waals surface area contributed by atoms with Crippen LogP contribution >= 0.6 is 11.3 Å². The quantitative estimate of drug-likeness (QED) is 0.439. The number of nitrogens with one attached hydrogen (secondary N) is 1. The number of carbonyl (C=O) groups excluding carboxylic acids is 2. The number of anilines is 1. The number of esters is 1. The molecule has 2 heterocycles. The zero-order valence-corrected chi connectivity index (χ0v) is 11.9. The normalized spacial score (nSPS) is 10.7. The summed E-state index contributed by atoms with van der Waals surface area (Å²) < 4.78 is 4.58. The van der Waals surface area contributed by atoms with Crippen molar-refractivity contribution in [3.63, 3.8) is 0 Å². The Morgan fingerprint density at radius 3 is 2.95 bits per heavy atom. The van der Waals surface area contributed by atoms with Crippen LogP contribution in [0.4, 0.5) is 5.69 Å². The number of benzene rings is 1. The van der Waals surface area contributed by atoms with Crippen LogP contribution in [0.15, 0.2) is 29.8 Å². The summed E-state index contributed by atoms with van der Waals surface area (Å²) in [5, 5.41) is 2.38. The van der Waals surface area contributed by atoms with Gasteiger partial charge in [-0.05, 0) is 12.1 Å². The van der Waals surface area contributed by atoms with E-state index in [1.54, 1.807) is 18.3 Å². The molecule has 6 nitrogen and oxygen atoms in total. The Kier molecular flexibility index (Phi) is 3.19. The number of hydrogen-bond acceptors (Lipinski definition) is 6. The van der Waals surface area contributed by atoms with Gasteiger partial charge in [0, 0.05) is 28.2 Å². The summed E-state index contributed by atoms with van der Waals surface area (Å²) >= 11 is 1.10. The number of aromatic amines is 1. The summed E-state index contributed by atoms with van der Waals surface area (Å²) in [6, 6.07) is 5.38. The molecule has 21 heavy (non-hydrogen) atoms. The maximum atomic E-state index is 12.5. The molecule has 0 atom stereocenters. The fourth-order valence-corrected chi connectivity index (χ4v) is 2.82. The van der Waals surface area contributed by atoms with E-state index in [4.69, 9.17) is 5.73 Å². The number of ketones is 1. The molecule has 0 saturated carbocycles. The van der Waals surface area contributed by atoms with E-state index in [0.29, 0.717) is 16.6 Å². The zero-order valence-electron chi connectivity index (χ0n) is 11.0. The van der Waals surface area contributed by atoms with Gasteiger partial charge < -0.3 is 15.5 Å². The Morgan fingerprint density at radius 2 is 2.19 bits per heavy atom. The molecule has 7 heteroatoms. The second kappa shape index (κ2) is 5.02. The van der Waals surface area contributed by atoms with Gasteiger partial charge in [0.05, 0.1) is 12.7 Å². The van der Waals surface area contributed by atoms with Crippen LogP contribution in [0.25, 0.3) is 10.9 Å². The van der Waals surface area contributed by atoms with Crippen LogP contribution in [-0.2, 0) is 4.74 Å². The predicted octanol–water partition coefficient (Wildman–Crippen LogP) is 2.22. The van der Waals surface area contributed by atoms with E-state index in [1.807, 2.05) is 6.07 Å². The van der Waals surface area contributed by atoms with Gasteiger partial charge in [-0.15, -0.1) is 11.3 Å². The van der Waals surface area contributed by atoms with Gasteiger partial charge in [-0.2, -0.15) is 0 Å². The van der Waals surface area contributed by atoms with Crippen molar-refractivity contribution in [2.75, 3.05) is 12.8 Å². The Labute approximate surface area is 123 Å². The van der Waals surface area contributed by atoms with Crippen molar-refractivity contribution < 1.29 is 14.3 Å². The van der Waals surface area contributed by atoms with Crippen LogP contribution < -0.4 is 5.73 Å². The summed E-state index contributed by atoms with van der Waals surface area (Å²) in [6.45, 7) is 0. The molecule has 0 aliphatic rings. The van der Waals surface area contributed by atoms with Crippen LogP contribution in [0.2, 0.25) is 0 Å². The van der Waals surface area contributed by atoms with Crippen LogP contribution in [-0.4, -0.2) is 28.8 Å². The number of carbonyl (C=O) groups is 2. The molecule has 3 rings (SSSR count). The van der Waals surface area contributed by atoms with Crippen molar-refractivity contribution in [3.8, 4) is 0 Å². The average Bonchev–Trinajstić information content (AvgIpc) is 3.13. The van der Waals surface area contributed by atoms with Crippen molar-refractivity contribution in [1.82, 2.24) is 9.97 Å². The lowest BCUT2D eigenvalue weighted by atomic mass is 10.1. The highest BCUT2D eigenvalue weighted by Gasteiger charge is 2.20. The van der Waals surface area contributed by atoms with Gasteiger partial charge in [0.1, 0.15) is 0 Å². The SMILES string of the molecule is COC(=O)c1csc(C(=O)c2c[nH]c3cccc(N)c23)n1. The molecule has 2 aromatic heterocycles. The highest BCUT2D eigenvalue weighted by atomic mass is 32.1. The van der Waals surface area contributed by atoms with Crippen LogP contribution in [0.1, 0.15) is 25.9 Å². The number of aromatic nitrogens is 2. The molecule has 3 aromatic rings. The monoisotopic (exact) mass is 301 g/mol. The van der Waals surface area contributed by atoms with Crippen molar-refractivity contribution in [3.05, 3.63) is 46.0 Å². The number of rotatable bonds is 3. The molecule has 0 aliphatic heterocycles. The Bertz CT molecular complexity index is 850. The van der Waals surface area contributed by atoms with E-state index in [0.717, 1.165) is 16.9 Å². The molecule has 0 spiro atoms. The standard InChI is InChI=1S/C14H11N3O3S/c1-20-14(19)10-6-21-13(17-10)12(18)7-5-16-9-4-2-3-8(15)11(7)9/h2-6,16H,15H2,1H3. The molecule has 0 saturated heterocycles. The molecule has 0 fully saturated rings. The number of hydrogen-bond donors (Lipinski definition) is 2. The maximum absolute atomic E-state index is 12.5. The van der Waals surface area contributed by atoms with E-state index in [-0.39, 0.29) is 16.5 Å². The minimum Gasteiger partial charge on any atom is -0.464 e. The van der Waals surface area contributed by atoms with Gasteiger partial charge in [0.15, 0.2) is 10.7 Å². The lowest BCUT2D eigenvalue weighted by Gasteiger charge is -1.99. The van der Waals surface area contributed by atoms with Crippen molar-refractivity contribution >= 4 is 39.7 Å². The summed E-state index contributed by atoms with van der Waals surface area (Å²) in [7, 11) is 1.27. The largest absolute Gasteiger partial charge is 0.464 e. The van der Waals surface area contributed by atoms with E-state index in [9.17, 15) is 9.59 Å². The second-order valence-corrected chi connectivity index (χ2v) is 5.19. The minimum atomic E-state index is -0.566. The predicted molar refractivity (Wildman–Crippen MR) is 79.6 cm³/mol. The molecule has 0 aliphatic carbocycles. The average molecular weight is 301 g/mol. The third-order valence-electron chi connectivity index (χ3n) is 3.08. The van der Waals surface area contributed by atoms with Crippen LogP contribution in [0, 0.1) is 0 Å². The first kappa shape index (κ1) is 13.3. The molecule has 3 N–H and O–H groups in total. The first-order valence-corrected chi connectivity index (χ1v) is 6.94. The number of ether oxygens (including phenoxy) is 1. The minimum absolute atomic E-state index is 0.124. The van der Waals surface area contributed by atoms with E-state index in [1.165, 1.54) is 12.5 Å². The Balaban J connectivity index is 2.05. The van der Waals surface area contributed by atoms with Crippen molar-refractivity contribution in [2.24, 2.45) is 0 Å². The number of H-pyrrole nitrogens is 1. The van der Waals surface area contributed by atoms with E-state index in [2.05, 4.69) is 14.7 Å². The first-order chi connectivity index (χ1) is 10.1. The number of nitrogens with zero attached hydrogens (tertiary/aromatic N) is 1. The van der Waals surface area contributed by atoms with Crippen LogP contribution in [0.5, 0.6) is 0 Å². The van der Waals surface area contributed by atoms with E-state index < -0.39 is 5.97 Å². The fourth-order valence-electron chi connectivity index (χ4n) is 2.08. The van der Waals surface area contributed by atoms with Gasteiger partial charge in [-0.3, -0.25) is 4.79 Å². The lowest BCUT2D eigenvalue weighted by molar-refractivity contribution is 0.0595. The molecule has 0 unspecified atom stereocenters. The number of thiazole rings is 1. The molecule has 106 valence electrons. The van der Waals surface area contributed by atoms with Crippen molar-refractivity contribution in [1.29, 1.82) is 0 Å². The smallest absolute Gasteiger partial charge is 0.357 e. The molecule has 0 amide bonds. The van der Waals surface area contributed by atoms with Gasteiger partial charge in [-0.1, -0.05) is 6.07 Å². The highest BCUT2D eigenvalue weighted by Crippen LogP contribution is 2.27. The van der Waals surface area contributed by atoms with Crippen molar-refractivity contribution in [2.45, 2.75) is 0 Å². The number of nitrogen functional groups attached to an aromatic ring is 1. The maximum Gasteiger partial charge on any atom is 0.357 e. The van der Waals surface area contributed by atoms with E-state index >= 15 is 0 Å². The van der Waals surface area contributed by atoms with Gasteiger partial charge >= 0.3 is 5.97 Å². The molecule has 0 radical (unpaired) electrons. The highest BCUT2D eigenvalue weighted by molar-refractivity contribution is 7.12. The summed E-state index contributed by atoms with van der Waals surface area (Å²) in [6.07, 6.45) is 1.60. The molecular formula is C14H11N3O3S. The Morgan fingerprint density at radius 1 is 1.38 bits per heavy atom. The molecular weight excluding hydrogens is 290 g/mol. The summed E-state index contributed by atoms with van der Waals surface area (Å²) in [5.41, 5.74) is 7.79. The number of nitrogens with two attached hydrogens (primary N) is 1. The number of fused-ring (bicyclic) bond motifs is 1. The summed E-state index contributed by atoms with van der Waals surface area (Å²) in [4.78, 5) is 30.9. The molecule has 1 aromatic carbocycles. The van der Waals surface area contributed by atoms with Gasteiger partial charge in [-0.25, -0.2) is 9.78 Å². The first-order valence-electron chi connectivity index (χ1n) is 6.06. The van der Waals surface area contributed by atoms with Crippen LogP contribution in [0.3, 0.4) is 0 Å². The third kappa shape index (κ3) is 2.17. The topological polar surface area (TPSA) is 98.1 Å². The Hall–Kier alpha value is -2.67. The van der Waals surface area contributed by atoms with Gasteiger partial charge in [0.2, 0.25) is 5.78 Å². The zero-order chi connectivity index (χ0) is 15.0. The second-order valence-electron chi connectivity index (χ2n) is 4.33. The third-order valence-corrected chi connectivity index (χ3v) is 3.92. The summed E-state index contributed by atoms with van der Waals surface area (Å²) in [5.74, 6) is -0.844. The number of methoxy groups -OCH3 is 1. The molecule has 0 bridgehead atoms. The fraction of sp³-hybridized carbons (Fsp3) is 0.0714. The van der Waals surface area contributed by atoms with Gasteiger partial charge in [0.25, 0.3) is 0 Å². The lowest BCUT2D eigenvalue weighted by Crippen LogP contribution is -2.05.